The molecule has 2 amide bonds. The Bertz CT molecular complexity index is 787. The number of ether oxygens (including phenoxy) is 1. The lowest BCUT2D eigenvalue weighted by atomic mass is 10.0. The van der Waals surface area contributed by atoms with Crippen LogP contribution in [0.2, 0.25) is 0 Å². The summed E-state index contributed by atoms with van der Waals surface area (Å²) < 4.78 is 29.9. The van der Waals surface area contributed by atoms with E-state index in [4.69, 9.17) is 0 Å². The van der Waals surface area contributed by atoms with E-state index in [9.17, 15) is 22.8 Å². The third-order valence-corrected chi connectivity index (χ3v) is 5.42. The molecule has 0 bridgehead atoms. The number of methoxy groups -OCH3 is 1. The number of fused-ring (bicyclic) bond motifs is 1. The number of hydrogen-bond donors (Lipinski definition) is 1. The van der Waals surface area contributed by atoms with Gasteiger partial charge < -0.3 is 10.1 Å². The number of carbonyl (C=O) groups excluding carboxylic acids is 3. The van der Waals surface area contributed by atoms with Gasteiger partial charge in [-0.1, -0.05) is 26.0 Å². The molecule has 1 aromatic carbocycles. The van der Waals surface area contributed by atoms with Crippen molar-refractivity contribution in [1.82, 2.24) is 9.62 Å². The van der Waals surface area contributed by atoms with Crippen LogP contribution in [-0.2, 0) is 24.3 Å². The molecular formula is C15H18N2O6S. The van der Waals surface area contributed by atoms with Crippen molar-refractivity contribution in [2.75, 3.05) is 13.7 Å². The van der Waals surface area contributed by atoms with E-state index in [1.54, 1.807) is 19.9 Å². The summed E-state index contributed by atoms with van der Waals surface area (Å²) in [4.78, 5) is 35.9. The summed E-state index contributed by atoms with van der Waals surface area (Å²) in [5.41, 5.74) is 0.0266. The molecule has 0 aromatic heterocycles. The molecule has 1 aliphatic heterocycles. The van der Waals surface area contributed by atoms with Crippen LogP contribution < -0.4 is 5.32 Å². The van der Waals surface area contributed by atoms with Crippen molar-refractivity contribution in [1.29, 1.82) is 0 Å². The lowest BCUT2D eigenvalue weighted by Gasteiger charge is -2.21. The highest BCUT2D eigenvalue weighted by Gasteiger charge is 2.42. The number of sulfonamides is 1. The second kappa shape index (κ2) is 6.60. The quantitative estimate of drug-likeness (QED) is 0.754. The van der Waals surface area contributed by atoms with Gasteiger partial charge in [-0.2, -0.15) is 0 Å². The maximum atomic E-state index is 12.4. The number of rotatable bonds is 5. The summed E-state index contributed by atoms with van der Waals surface area (Å²) in [6, 6.07) is 4.82. The summed E-state index contributed by atoms with van der Waals surface area (Å²) in [5.74, 6) is -2.43. The Kier molecular flexibility index (Phi) is 4.93. The third kappa shape index (κ3) is 3.12. The minimum Gasteiger partial charge on any atom is -0.467 e. The zero-order chi connectivity index (χ0) is 18.1. The lowest BCUT2D eigenvalue weighted by Crippen LogP contribution is -2.49. The van der Waals surface area contributed by atoms with Crippen LogP contribution in [-0.4, -0.2) is 50.2 Å². The zero-order valence-electron chi connectivity index (χ0n) is 13.5. The maximum Gasteiger partial charge on any atom is 0.328 e. The van der Waals surface area contributed by atoms with Crippen molar-refractivity contribution in [2.24, 2.45) is 5.92 Å². The van der Waals surface area contributed by atoms with E-state index >= 15 is 0 Å². The number of esters is 1. The van der Waals surface area contributed by atoms with Crippen LogP contribution in [0, 0.1) is 5.92 Å². The molecule has 1 atom stereocenters. The highest BCUT2D eigenvalue weighted by molar-refractivity contribution is 7.90. The Balaban J connectivity index is 2.19. The molecule has 0 spiro atoms. The van der Waals surface area contributed by atoms with Gasteiger partial charge in [0.25, 0.3) is 15.9 Å². The van der Waals surface area contributed by atoms with Crippen molar-refractivity contribution < 1.29 is 27.5 Å². The summed E-state index contributed by atoms with van der Waals surface area (Å²) in [6.07, 6.45) is 0. The van der Waals surface area contributed by atoms with E-state index in [0.717, 1.165) is 0 Å². The first-order valence-electron chi connectivity index (χ1n) is 7.23. The van der Waals surface area contributed by atoms with E-state index in [1.165, 1.54) is 25.3 Å². The van der Waals surface area contributed by atoms with Crippen molar-refractivity contribution in [3.05, 3.63) is 29.8 Å². The van der Waals surface area contributed by atoms with Crippen LogP contribution in [0.5, 0.6) is 0 Å². The molecule has 0 aliphatic carbocycles. The molecular weight excluding hydrogens is 336 g/mol. The van der Waals surface area contributed by atoms with Crippen LogP contribution in [0.4, 0.5) is 0 Å². The highest BCUT2D eigenvalue weighted by atomic mass is 32.2. The fourth-order valence-electron chi connectivity index (χ4n) is 2.36. The van der Waals surface area contributed by atoms with Gasteiger partial charge in [0.2, 0.25) is 5.91 Å². The SMILES string of the molecule is COC(=O)[C@@H](NC(=O)CN1C(=O)c2ccccc2S1(=O)=O)C(C)C. The molecule has 0 saturated carbocycles. The third-order valence-electron chi connectivity index (χ3n) is 3.64. The topological polar surface area (TPSA) is 110 Å². The fourth-order valence-corrected chi connectivity index (χ4v) is 3.89. The smallest absolute Gasteiger partial charge is 0.328 e. The van der Waals surface area contributed by atoms with Gasteiger partial charge in [-0.3, -0.25) is 9.59 Å². The van der Waals surface area contributed by atoms with E-state index < -0.39 is 40.4 Å². The van der Waals surface area contributed by atoms with Crippen LogP contribution in [0.15, 0.2) is 29.2 Å². The highest BCUT2D eigenvalue weighted by Crippen LogP contribution is 2.29. The molecule has 1 heterocycles. The molecule has 2 rings (SSSR count). The number of benzene rings is 1. The van der Waals surface area contributed by atoms with E-state index in [0.29, 0.717) is 4.31 Å². The normalized spacial score (nSPS) is 16.7. The second-order valence-electron chi connectivity index (χ2n) is 5.63. The molecule has 1 aliphatic rings. The molecule has 9 heteroatoms. The van der Waals surface area contributed by atoms with Gasteiger partial charge in [0.15, 0.2) is 0 Å². The summed E-state index contributed by atoms with van der Waals surface area (Å²) in [7, 11) is -2.88. The van der Waals surface area contributed by atoms with E-state index in [1.807, 2.05) is 0 Å². The summed E-state index contributed by atoms with van der Waals surface area (Å²) in [5, 5.41) is 2.41. The van der Waals surface area contributed by atoms with E-state index in [-0.39, 0.29) is 16.4 Å². The standard InChI is InChI=1S/C15H18N2O6S/c1-9(2)13(15(20)23-3)16-12(18)8-17-14(19)10-6-4-5-7-11(10)24(17,21)22/h4-7,9,13H,8H2,1-3H3,(H,16,18)/t13-/m0/s1. The van der Waals surface area contributed by atoms with Gasteiger partial charge in [0.05, 0.1) is 12.7 Å². The predicted molar refractivity (Wildman–Crippen MR) is 83.4 cm³/mol. The molecule has 0 fully saturated rings. The first-order valence-corrected chi connectivity index (χ1v) is 8.67. The Labute approximate surface area is 139 Å². The first kappa shape index (κ1) is 17.9. The predicted octanol–water partition coefficient (Wildman–Crippen LogP) is 0.145. The minimum atomic E-state index is -4.07. The van der Waals surface area contributed by atoms with Crippen molar-refractivity contribution in [3.63, 3.8) is 0 Å². The Morgan fingerprint density at radius 2 is 1.88 bits per heavy atom. The number of nitrogens with one attached hydrogen (secondary N) is 1. The van der Waals surface area contributed by atoms with Gasteiger partial charge >= 0.3 is 5.97 Å². The van der Waals surface area contributed by atoms with Gasteiger partial charge in [-0.25, -0.2) is 17.5 Å². The van der Waals surface area contributed by atoms with Crippen LogP contribution in [0.1, 0.15) is 24.2 Å². The number of nitrogens with zero attached hydrogens (tertiary/aromatic N) is 1. The Hall–Kier alpha value is -2.42. The number of carbonyl (C=O) groups is 3. The van der Waals surface area contributed by atoms with Gasteiger partial charge in [0.1, 0.15) is 17.5 Å². The van der Waals surface area contributed by atoms with Gasteiger partial charge in [-0.15, -0.1) is 0 Å². The van der Waals surface area contributed by atoms with E-state index in [2.05, 4.69) is 10.1 Å². The molecule has 130 valence electrons. The Morgan fingerprint density at radius 1 is 1.25 bits per heavy atom. The molecule has 8 nitrogen and oxygen atoms in total. The largest absolute Gasteiger partial charge is 0.467 e. The molecule has 0 unspecified atom stereocenters. The fraction of sp³-hybridized carbons (Fsp3) is 0.400. The van der Waals surface area contributed by atoms with Crippen LogP contribution >= 0.6 is 0 Å². The van der Waals surface area contributed by atoms with Crippen molar-refractivity contribution >= 4 is 27.8 Å². The molecule has 24 heavy (non-hydrogen) atoms. The van der Waals surface area contributed by atoms with Crippen molar-refractivity contribution in [3.8, 4) is 0 Å². The molecule has 0 saturated heterocycles. The number of amides is 2. The van der Waals surface area contributed by atoms with Gasteiger partial charge in [0, 0.05) is 0 Å². The van der Waals surface area contributed by atoms with Gasteiger partial charge in [-0.05, 0) is 18.1 Å². The Morgan fingerprint density at radius 3 is 2.42 bits per heavy atom. The van der Waals surface area contributed by atoms with Crippen LogP contribution in [0.3, 0.4) is 0 Å². The first-order chi connectivity index (χ1) is 11.2. The summed E-state index contributed by atoms with van der Waals surface area (Å²) >= 11 is 0. The second-order valence-corrected chi connectivity index (χ2v) is 7.46. The molecule has 0 radical (unpaired) electrons. The zero-order valence-corrected chi connectivity index (χ0v) is 14.3. The number of hydrogen-bond acceptors (Lipinski definition) is 6. The average molecular weight is 354 g/mol. The van der Waals surface area contributed by atoms with Crippen molar-refractivity contribution in [2.45, 2.75) is 24.8 Å². The lowest BCUT2D eigenvalue weighted by molar-refractivity contribution is -0.146. The van der Waals surface area contributed by atoms with Crippen LogP contribution in [0.25, 0.3) is 0 Å². The average Bonchev–Trinajstić information content (AvgIpc) is 2.73. The molecule has 1 N–H and O–H groups in total. The minimum absolute atomic E-state index is 0.0266. The summed E-state index contributed by atoms with van der Waals surface area (Å²) in [6.45, 7) is 2.71. The monoisotopic (exact) mass is 354 g/mol. The maximum absolute atomic E-state index is 12.4. The molecule has 1 aromatic rings.